The van der Waals surface area contributed by atoms with E-state index in [1.165, 1.54) is 0 Å². The lowest BCUT2D eigenvalue weighted by molar-refractivity contribution is -0.137. The molecule has 5 N–H and O–H groups in total. The van der Waals surface area contributed by atoms with E-state index in [1.54, 1.807) is 6.92 Å². The molecule has 220 valence electrons. The Morgan fingerprint density at radius 3 is 2.17 bits per heavy atom. The number of fused-ring (bicyclic) bond motifs is 8. The van der Waals surface area contributed by atoms with Gasteiger partial charge in [0.15, 0.2) is 0 Å². The third kappa shape index (κ3) is 4.91. The van der Waals surface area contributed by atoms with Crippen LogP contribution in [0.3, 0.4) is 0 Å². The van der Waals surface area contributed by atoms with Gasteiger partial charge in [-0.2, -0.15) is 0 Å². The van der Waals surface area contributed by atoms with Crippen LogP contribution in [0, 0.1) is 20.8 Å². The van der Waals surface area contributed by atoms with Gasteiger partial charge in [-0.25, -0.2) is 9.78 Å². The highest BCUT2D eigenvalue weighted by Crippen LogP contribution is 2.43. The molecule has 0 amide bonds. The molecular formula is C33H39N5O4. The standard InChI is InChI=1S/C33H39N5O4/c1-8-20-15(2)24-12-28-22(14-34-7)17(4)23(36-28)11-25-16(3)21(9-10-29(39)40)31(37-25)19(6)32-30(33(41)42)18(5)26(38-32)13-27(20)35-24/h11-13,16,21,34-36H,8-10,14H2,1-7H3,(H,39,40)(H,41,42)/t16-,21-/m0/s1. The number of carboxylic acids is 2. The highest BCUT2D eigenvalue weighted by molar-refractivity contribution is 6.24. The van der Waals surface area contributed by atoms with Crippen LogP contribution in [0.25, 0.3) is 33.2 Å². The number of nitrogens with zero attached hydrogens (tertiary/aromatic N) is 2. The van der Waals surface area contributed by atoms with E-state index >= 15 is 0 Å². The van der Waals surface area contributed by atoms with Crippen molar-refractivity contribution in [2.24, 2.45) is 0 Å². The van der Waals surface area contributed by atoms with E-state index in [1.807, 2.05) is 20.0 Å². The van der Waals surface area contributed by atoms with E-state index in [2.05, 4.69) is 55.1 Å². The number of nitrogens with one attached hydrogen (secondary N) is 3. The molecule has 0 spiro atoms. The van der Waals surface area contributed by atoms with E-state index < -0.39 is 11.9 Å². The quantitative estimate of drug-likeness (QED) is 0.225. The molecule has 0 aromatic carbocycles. The third-order valence-corrected chi connectivity index (χ3v) is 8.99. The second-order valence-corrected chi connectivity index (χ2v) is 11.5. The van der Waals surface area contributed by atoms with Crippen LogP contribution in [-0.2, 0) is 22.6 Å². The number of aromatic nitrogens is 4. The molecular weight excluding hydrogens is 530 g/mol. The van der Waals surface area contributed by atoms with E-state index in [4.69, 9.17) is 9.97 Å². The first-order valence-electron chi connectivity index (χ1n) is 14.5. The summed E-state index contributed by atoms with van der Waals surface area (Å²) in [6, 6.07) is 6.14. The zero-order chi connectivity index (χ0) is 30.5. The number of carbonyl (C=O) groups is 2. The SMILES string of the molecule is CCc1c(C)c2cc3[nH]c(cc4nc(c(C)c5nc(cc1[nH]2)C(C)=C5C(=O)O)[C@@H](CCC(=O)O)[C@@H]4C)c(C)c3CNC. The molecule has 0 fully saturated rings. The number of allylic oxidation sites excluding steroid dienone is 1. The Morgan fingerprint density at radius 1 is 0.905 bits per heavy atom. The van der Waals surface area contributed by atoms with Crippen LogP contribution in [0.4, 0.5) is 0 Å². The van der Waals surface area contributed by atoms with Crippen LogP contribution < -0.4 is 5.32 Å². The molecule has 5 rings (SSSR count). The van der Waals surface area contributed by atoms with Crippen molar-refractivity contribution in [3.63, 3.8) is 0 Å². The van der Waals surface area contributed by atoms with Gasteiger partial charge in [0.05, 0.1) is 17.0 Å². The van der Waals surface area contributed by atoms with Crippen molar-refractivity contribution in [3.8, 4) is 0 Å². The molecule has 2 aliphatic rings. The number of rotatable bonds is 7. The fourth-order valence-electron chi connectivity index (χ4n) is 6.50. The van der Waals surface area contributed by atoms with Crippen molar-refractivity contribution >= 4 is 45.2 Å². The molecule has 9 nitrogen and oxygen atoms in total. The summed E-state index contributed by atoms with van der Waals surface area (Å²) in [5, 5.41) is 23.1. The predicted molar refractivity (Wildman–Crippen MR) is 166 cm³/mol. The largest absolute Gasteiger partial charge is 0.481 e. The van der Waals surface area contributed by atoms with Crippen LogP contribution in [0.5, 0.6) is 0 Å². The molecule has 9 heteroatoms. The summed E-state index contributed by atoms with van der Waals surface area (Å²) in [4.78, 5) is 41.3. The van der Waals surface area contributed by atoms with Gasteiger partial charge in [0.25, 0.3) is 0 Å². The Hall–Kier alpha value is -4.24. The molecule has 0 saturated carbocycles. The molecule has 8 bridgehead atoms. The van der Waals surface area contributed by atoms with Crippen LogP contribution in [0.1, 0.15) is 96.0 Å². The number of aryl methyl sites for hydroxylation is 3. The number of aromatic amines is 2. The third-order valence-electron chi connectivity index (χ3n) is 8.99. The lowest BCUT2D eigenvalue weighted by Crippen LogP contribution is -2.08. The molecule has 0 radical (unpaired) electrons. The lowest BCUT2D eigenvalue weighted by Gasteiger charge is -2.16. The van der Waals surface area contributed by atoms with Gasteiger partial charge in [0.2, 0.25) is 0 Å². The number of hydrogen-bond donors (Lipinski definition) is 5. The summed E-state index contributed by atoms with van der Waals surface area (Å²) in [5.74, 6) is -2.17. The van der Waals surface area contributed by atoms with Crippen LogP contribution in [-0.4, -0.2) is 49.1 Å². The monoisotopic (exact) mass is 569 g/mol. The van der Waals surface area contributed by atoms with Gasteiger partial charge in [-0.15, -0.1) is 0 Å². The topological polar surface area (TPSA) is 144 Å². The zero-order valence-electron chi connectivity index (χ0n) is 25.3. The van der Waals surface area contributed by atoms with Gasteiger partial charge < -0.3 is 25.5 Å². The molecule has 3 aromatic heterocycles. The van der Waals surface area contributed by atoms with Crippen molar-refractivity contribution < 1.29 is 19.8 Å². The number of H-pyrrole nitrogens is 2. The van der Waals surface area contributed by atoms with Gasteiger partial charge in [0, 0.05) is 58.3 Å². The maximum atomic E-state index is 12.6. The minimum atomic E-state index is -1.05. The van der Waals surface area contributed by atoms with E-state index in [0.29, 0.717) is 41.2 Å². The smallest absolute Gasteiger partial charge is 0.338 e. The van der Waals surface area contributed by atoms with Crippen LogP contribution in [0.15, 0.2) is 18.2 Å². The predicted octanol–water partition coefficient (Wildman–Crippen LogP) is 6.29. The second-order valence-electron chi connectivity index (χ2n) is 11.5. The molecule has 5 heterocycles. The summed E-state index contributed by atoms with van der Waals surface area (Å²) >= 11 is 0. The van der Waals surface area contributed by atoms with Gasteiger partial charge in [-0.3, -0.25) is 9.78 Å². The maximum absolute atomic E-state index is 12.6. The fourth-order valence-corrected chi connectivity index (χ4v) is 6.50. The second kappa shape index (κ2) is 11.2. The van der Waals surface area contributed by atoms with Gasteiger partial charge >= 0.3 is 11.9 Å². The number of carboxylic acid groups (broad SMARTS) is 2. The Balaban J connectivity index is 1.97. The minimum Gasteiger partial charge on any atom is -0.481 e. The molecule has 0 saturated heterocycles. The van der Waals surface area contributed by atoms with Crippen molar-refractivity contribution in [1.82, 2.24) is 25.3 Å². The fraction of sp³-hybridized carbons (Fsp3) is 0.394. The normalized spacial score (nSPS) is 16.7. The number of aliphatic carboxylic acids is 2. The Morgan fingerprint density at radius 2 is 1.55 bits per heavy atom. The lowest BCUT2D eigenvalue weighted by atomic mass is 9.85. The minimum absolute atomic E-state index is 0.00604. The summed E-state index contributed by atoms with van der Waals surface area (Å²) in [7, 11) is 1.93. The van der Waals surface area contributed by atoms with Crippen molar-refractivity contribution in [2.45, 2.75) is 79.2 Å². The molecule has 3 aromatic rings. The molecule has 2 atom stereocenters. The van der Waals surface area contributed by atoms with E-state index in [-0.39, 0.29) is 23.8 Å². The summed E-state index contributed by atoms with van der Waals surface area (Å²) < 4.78 is 0. The highest BCUT2D eigenvalue weighted by atomic mass is 16.4. The number of hydrogen-bond acceptors (Lipinski definition) is 5. The first-order valence-corrected chi connectivity index (χ1v) is 14.5. The van der Waals surface area contributed by atoms with Gasteiger partial charge in [-0.1, -0.05) is 13.8 Å². The first-order chi connectivity index (χ1) is 20.0. The van der Waals surface area contributed by atoms with Gasteiger partial charge in [0.1, 0.15) is 0 Å². The molecule has 0 unspecified atom stereocenters. The first kappa shape index (κ1) is 29.3. The zero-order valence-corrected chi connectivity index (χ0v) is 25.3. The van der Waals surface area contributed by atoms with Gasteiger partial charge in [-0.05, 0) is 99.2 Å². The Kier molecular flexibility index (Phi) is 7.81. The average Bonchev–Trinajstić information content (AvgIpc) is 3.61. The van der Waals surface area contributed by atoms with Crippen molar-refractivity contribution in [2.75, 3.05) is 7.05 Å². The average molecular weight is 570 g/mol. The molecule has 42 heavy (non-hydrogen) atoms. The maximum Gasteiger partial charge on any atom is 0.338 e. The van der Waals surface area contributed by atoms with E-state index in [9.17, 15) is 19.8 Å². The van der Waals surface area contributed by atoms with Crippen molar-refractivity contribution in [1.29, 1.82) is 0 Å². The molecule has 2 aliphatic heterocycles. The van der Waals surface area contributed by atoms with Crippen LogP contribution >= 0.6 is 0 Å². The highest BCUT2D eigenvalue weighted by Gasteiger charge is 2.33. The molecule has 0 aliphatic carbocycles. The van der Waals surface area contributed by atoms with E-state index in [0.717, 1.165) is 56.4 Å². The van der Waals surface area contributed by atoms with Crippen molar-refractivity contribution in [3.05, 3.63) is 68.8 Å². The van der Waals surface area contributed by atoms with Crippen LogP contribution in [0.2, 0.25) is 0 Å². The Bertz CT molecular complexity index is 1810. The summed E-state index contributed by atoms with van der Waals surface area (Å²) in [5.41, 5.74) is 12.3. The summed E-state index contributed by atoms with van der Waals surface area (Å²) in [6.45, 7) is 12.7. The summed E-state index contributed by atoms with van der Waals surface area (Å²) in [6.07, 6.45) is 1.19. The Labute approximate surface area is 245 Å².